The molecule has 2 rings (SSSR count). The van der Waals surface area contributed by atoms with Crippen molar-refractivity contribution in [1.82, 2.24) is 15.1 Å². The number of rotatable bonds is 6. The number of benzene rings is 1. The van der Waals surface area contributed by atoms with E-state index in [0.717, 1.165) is 13.1 Å². The third kappa shape index (κ3) is 4.78. The van der Waals surface area contributed by atoms with E-state index in [0.29, 0.717) is 11.5 Å². The first-order valence-electron chi connectivity index (χ1n) is 6.84. The average molecular weight is 303 g/mol. The van der Waals surface area contributed by atoms with Gasteiger partial charge in [0.15, 0.2) is 5.69 Å². The number of hydrogen-bond acceptors (Lipinski definition) is 5. The van der Waals surface area contributed by atoms with Crippen molar-refractivity contribution >= 4 is 17.4 Å². The van der Waals surface area contributed by atoms with Gasteiger partial charge in [0.25, 0.3) is 5.91 Å². The van der Waals surface area contributed by atoms with Gasteiger partial charge in [-0.25, -0.2) is 4.39 Å². The van der Waals surface area contributed by atoms with E-state index < -0.39 is 0 Å². The Kier molecular flexibility index (Phi) is 5.37. The van der Waals surface area contributed by atoms with Gasteiger partial charge in [0.2, 0.25) is 0 Å². The maximum absolute atomic E-state index is 12.8. The third-order valence-corrected chi connectivity index (χ3v) is 2.86. The lowest BCUT2D eigenvalue weighted by Crippen LogP contribution is -2.21. The zero-order valence-corrected chi connectivity index (χ0v) is 12.5. The largest absolute Gasteiger partial charge is 0.367 e. The van der Waals surface area contributed by atoms with Crippen molar-refractivity contribution in [3.05, 3.63) is 47.9 Å². The fraction of sp³-hybridized carbons (Fsp3) is 0.267. The van der Waals surface area contributed by atoms with Gasteiger partial charge in [-0.2, -0.15) is 0 Å². The number of anilines is 2. The van der Waals surface area contributed by atoms with Crippen LogP contribution in [0.1, 0.15) is 10.5 Å². The highest BCUT2D eigenvalue weighted by Gasteiger charge is 2.08. The van der Waals surface area contributed by atoms with Crippen LogP contribution in [0, 0.1) is 5.82 Å². The van der Waals surface area contributed by atoms with Crippen LogP contribution in [-0.2, 0) is 0 Å². The molecule has 1 aromatic carbocycles. The van der Waals surface area contributed by atoms with Crippen molar-refractivity contribution in [2.75, 3.05) is 37.8 Å². The number of carbonyl (C=O) groups excluding carboxylic acids is 1. The maximum atomic E-state index is 12.8. The summed E-state index contributed by atoms with van der Waals surface area (Å²) < 4.78 is 12.8. The normalized spacial score (nSPS) is 10.5. The standard InChI is InChI=1S/C15H18FN5O/c1-21(2)10-9-17-14-8-7-13(19-20-14)15(22)18-12-5-3-11(16)4-6-12/h3-8H,9-10H2,1-2H3,(H,17,20)(H,18,22). The Morgan fingerprint density at radius 1 is 1.14 bits per heavy atom. The summed E-state index contributed by atoms with van der Waals surface area (Å²) in [5, 5.41) is 13.6. The van der Waals surface area contributed by atoms with Gasteiger partial charge in [0.1, 0.15) is 11.6 Å². The minimum Gasteiger partial charge on any atom is -0.367 e. The molecule has 0 spiro atoms. The third-order valence-electron chi connectivity index (χ3n) is 2.86. The number of nitrogens with one attached hydrogen (secondary N) is 2. The second kappa shape index (κ2) is 7.46. The number of amides is 1. The summed E-state index contributed by atoms with van der Waals surface area (Å²) >= 11 is 0. The Morgan fingerprint density at radius 2 is 1.86 bits per heavy atom. The summed E-state index contributed by atoms with van der Waals surface area (Å²) in [4.78, 5) is 14.0. The van der Waals surface area contributed by atoms with E-state index in [1.165, 1.54) is 24.3 Å². The molecule has 22 heavy (non-hydrogen) atoms. The van der Waals surface area contributed by atoms with Crippen molar-refractivity contribution < 1.29 is 9.18 Å². The van der Waals surface area contributed by atoms with Gasteiger partial charge >= 0.3 is 0 Å². The zero-order chi connectivity index (χ0) is 15.9. The van der Waals surface area contributed by atoms with Crippen LogP contribution in [0.25, 0.3) is 0 Å². The highest BCUT2D eigenvalue weighted by molar-refractivity contribution is 6.02. The first-order valence-corrected chi connectivity index (χ1v) is 6.84. The van der Waals surface area contributed by atoms with E-state index in [1.54, 1.807) is 12.1 Å². The molecule has 0 aliphatic carbocycles. The Hall–Kier alpha value is -2.54. The summed E-state index contributed by atoms with van der Waals surface area (Å²) in [5.74, 6) is -0.134. The van der Waals surface area contributed by atoms with Gasteiger partial charge in [-0.15, -0.1) is 10.2 Å². The summed E-state index contributed by atoms with van der Waals surface area (Å²) in [7, 11) is 3.96. The predicted molar refractivity (Wildman–Crippen MR) is 83.4 cm³/mol. The van der Waals surface area contributed by atoms with E-state index in [4.69, 9.17) is 0 Å². The van der Waals surface area contributed by atoms with E-state index in [2.05, 4.69) is 20.8 Å². The molecule has 1 heterocycles. The summed E-state index contributed by atoms with van der Waals surface area (Å²) in [6.07, 6.45) is 0. The fourth-order valence-corrected chi connectivity index (χ4v) is 1.68. The molecule has 0 unspecified atom stereocenters. The molecule has 116 valence electrons. The number of nitrogens with zero attached hydrogens (tertiary/aromatic N) is 3. The second-order valence-corrected chi connectivity index (χ2v) is 4.99. The lowest BCUT2D eigenvalue weighted by Gasteiger charge is -2.10. The van der Waals surface area contributed by atoms with Crippen molar-refractivity contribution in [3.8, 4) is 0 Å². The van der Waals surface area contributed by atoms with Crippen LogP contribution in [0.2, 0.25) is 0 Å². The topological polar surface area (TPSA) is 70.2 Å². The molecule has 1 aromatic heterocycles. The van der Waals surface area contributed by atoms with Crippen LogP contribution in [0.15, 0.2) is 36.4 Å². The Balaban J connectivity index is 1.91. The van der Waals surface area contributed by atoms with Gasteiger partial charge in [-0.05, 0) is 50.5 Å². The van der Waals surface area contributed by atoms with Gasteiger partial charge in [-0.3, -0.25) is 4.79 Å². The summed E-state index contributed by atoms with van der Waals surface area (Å²) in [6.45, 7) is 1.61. The quantitative estimate of drug-likeness (QED) is 0.852. The second-order valence-electron chi connectivity index (χ2n) is 4.99. The summed E-state index contributed by atoms with van der Waals surface area (Å²) in [6, 6.07) is 8.81. The molecular weight excluding hydrogens is 285 g/mol. The van der Waals surface area contributed by atoms with Crippen molar-refractivity contribution in [3.63, 3.8) is 0 Å². The number of halogens is 1. The summed E-state index contributed by atoms with van der Waals surface area (Å²) in [5.41, 5.74) is 0.698. The molecule has 1 amide bonds. The Morgan fingerprint density at radius 3 is 2.45 bits per heavy atom. The predicted octanol–water partition coefficient (Wildman–Crippen LogP) is 1.84. The van der Waals surface area contributed by atoms with Gasteiger partial charge in [0.05, 0.1) is 0 Å². The van der Waals surface area contributed by atoms with Gasteiger partial charge < -0.3 is 15.5 Å². The molecular formula is C15H18FN5O. The van der Waals surface area contributed by atoms with Crippen molar-refractivity contribution in [1.29, 1.82) is 0 Å². The molecule has 0 atom stereocenters. The SMILES string of the molecule is CN(C)CCNc1ccc(C(=O)Nc2ccc(F)cc2)nn1. The van der Waals surface area contributed by atoms with Crippen molar-refractivity contribution in [2.45, 2.75) is 0 Å². The van der Waals surface area contributed by atoms with E-state index >= 15 is 0 Å². The lowest BCUT2D eigenvalue weighted by molar-refractivity contribution is 0.102. The fourth-order valence-electron chi connectivity index (χ4n) is 1.68. The minimum atomic E-state index is -0.390. The zero-order valence-electron chi connectivity index (χ0n) is 12.5. The molecule has 0 radical (unpaired) electrons. The number of hydrogen-bond donors (Lipinski definition) is 2. The Labute approximate surface area is 128 Å². The van der Waals surface area contributed by atoms with E-state index in [1.807, 2.05) is 19.0 Å². The average Bonchev–Trinajstić information content (AvgIpc) is 2.50. The Bertz CT molecular complexity index is 613. The molecule has 6 nitrogen and oxygen atoms in total. The van der Waals surface area contributed by atoms with Crippen LogP contribution in [0.4, 0.5) is 15.9 Å². The molecule has 0 saturated carbocycles. The van der Waals surface area contributed by atoms with E-state index in [-0.39, 0.29) is 17.4 Å². The van der Waals surface area contributed by atoms with Gasteiger partial charge in [0, 0.05) is 18.8 Å². The monoisotopic (exact) mass is 303 g/mol. The maximum Gasteiger partial charge on any atom is 0.276 e. The first-order chi connectivity index (χ1) is 10.5. The number of carbonyl (C=O) groups is 1. The first kappa shape index (κ1) is 15.8. The molecule has 0 fully saturated rings. The lowest BCUT2D eigenvalue weighted by atomic mass is 10.3. The van der Waals surface area contributed by atoms with Crippen LogP contribution >= 0.6 is 0 Å². The molecule has 0 aliphatic rings. The molecule has 2 N–H and O–H groups in total. The van der Waals surface area contributed by atoms with Crippen LogP contribution in [0.5, 0.6) is 0 Å². The smallest absolute Gasteiger partial charge is 0.276 e. The highest BCUT2D eigenvalue weighted by atomic mass is 19.1. The number of aromatic nitrogens is 2. The molecule has 0 aliphatic heterocycles. The molecule has 0 saturated heterocycles. The van der Waals surface area contributed by atoms with Crippen molar-refractivity contribution in [2.24, 2.45) is 0 Å². The number of likely N-dealkylation sites (N-methyl/N-ethyl adjacent to an activating group) is 1. The minimum absolute atomic E-state index is 0.197. The van der Waals surface area contributed by atoms with E-state index in [9.17, 15) is 9.18 Å². The van der Waals surface area contributed by atoms with Crippen LogP contribution < -0.4 is 10.6 Å². The molecule has 2 aromatic rings. The van der Waals surface area contributed by atoms with Crippen LogP contribution in [0.3, 0.4) is 0 Å². The van der Waals surface area contributed by atoms with Crippen LogP contribution in [-0.4, -0.2) is 48.2 Å². The molecule has 7 heteroatoms. The van der Waals surface area contributed by atoms with Gasteiger partial charge in [-0.1, -0.05) is 0 Å². The highest BCUT2D eigenvalue weighted by Crippen LogP contribution is 2.10. The molecule has 0 bridgehead atoms.